The van der Waals surface area contributed by atoms with Crippen LogP contribution in [0, 0.1) is 0 Å². The van der Waals surface area contributed by atoms with Crippen molar-refractivity contribution in [3.05, 3.63) is 53.1 Å². The third-order valence-corrected chi connectivity index (χ3v) is 7.49. The molecule has 6 heteroatoms. The van der Waals surface area contributed by atoms with Crippen molar-refractivity contribution in [1.29, 1.82) is 0 Å². The standard InChI is InChI=1S/C22H23INO4/c1-3-4-7-10-24-17-9-6-5-8-15(17)22(21(24)25)13-20(26-2)14-11-18-19(12-16(14)22)28-23-27-18/h5-6,8-9,11-12,20H,3-4,7,10,13H2,1-2H3/q-1. The first kappa shape index (κ1) is 18.2. The third-order valence-electron chi connectivity index (χ3n) is 6.18. The van der Waals surface area contributed by atoms with Crippen molar-refractivity contribution in [2.45, 2.75) is 44.1 Å². The summed E-state index contributed by atoms with van der Waals surface area (Å²) < 4.78 is 17.3. The van der Waals surface area contributed by atoms with Gasteiger partial charge < -0.3 is 0 Å². The van der Waals surface area contributed by atoms with E-state index in [2.05, 4.69) is 19.1 Å². The average molecular weight is 492 g/mol. The van der Waals surface area contributed by atoms with Gasteiger partial charge in [-0.25, -0.2) is 0 Å². The summed E-state index contributed by atoms with van der Waals surface area (Å²) in [5.41, 5.74) is 3.50. The number of unbranched alkanes of at least 4 members (excludes halogenated alkanes) is 2. The van der Waals surface area contributed by atoms with E-state index in [0.717, 1.165) is 59.7 Å². The minimum atomic E-state index is -0.758. The molecule has 2 aromatic carbocycles. The molecule has 5 nitrogen and oxygen atoms in total. The molecule has 0 aromatic heterocycles. The van der Waals surface area contributed by atoms with Crippen LogP contribution in [0.2, 0.25) is 0 Å². The molecule has 1 spiro atoms. The summed E-state index contributed by atoms with van der Waals surface area (Å²) in [4.78, 5) is 15.9. The number of benzene rings is 2. The van der Waals surface area contributed by atoms with Gasteiger partial charge in [-0.05, 0) is 0 Å². The molecular formula is C22H23INO4-. The molecule has 2 aromatic rings. The van der Waals surface area contributed by atoms with E-state index in [-0.39, 0.29) is 12.0 Å². The van der Waals surface area contributed by atoms with Crippen molar-refractivity contribution in [1.82, 2.24) is 0 Å². The number of amides is 1. The van der Waals surface area contributed by atoms with E-state index in [1.165, 1.54) is 0 Å². The monoisotopic (exact) mass is 492 g/mol. The summed E-state index contributed by atoms with van der Waals surface area (Å²) in [7, 11) is 1.72. The number of anilines is 1. The summed E-state index contributed by atoms with van der Waals surface area (Å²) in [6.07, 6.45) is 3.76. The molecule has 28 heavy (non-hydrogen) atoms. The predicted molar refractivity (Wildman–Crippen MR) is 101 cm³/mol. The van der Waals surface area contributed by atoms with Crippen molar-refractivity contribution in [2.24, 2.45) is 0 Å². The van der Waals surface area contributed by atoms with Crippen LogP contribution < -0.4 is 33.1 Å². The fourth-order valence-electron chi connectivity index (χ4n) is 4.85. The van der Waals surface area contributed by atoms with Crippen LogP contribution in [-0.4, -0.2) is 19.6 Å². The molecular weight excluding hydrogens is 469 g/mol. The third kappa shape index (κ3) is 2.43. The molecule has 2 aliphatic heterocycles. The second kappa shape index (κ2) is 6.91. The molecule has 148 valence electrons. The first-order chi connectivity index (χ1) is 13.7. The fraction of sp³-hybridized carbons (Fsp3) is 0.409. The van der Waals surface area contributed by atoms with Gasteiger partial charge in [0.25, 0.3) is 0 Å². The van der Waals surface area contributed by atoms with Gasteiger partial charge in [-0.15, -0.1) is 0 Å². The van der Waals surface area contributed by atoms with Crippen molar-refractivity contribution in [3.63, 3.8) is 0 Å². The molecule has 0 radical (unpaired) electrons. The van der Waals surface area contributed by atoms with E-state index in [1.807, 2.05) is 29.2 Å². The van der Waals surface area contributed by atoms with Gasteiger partial charge in [0.1, 0.15) is 0 Å². The van der Waals surface area contributed by atoms with Crippen molar-refractivity contribution in [2.75, 3.05) is 18.6 Å². The van der Waals surface area contributed by atoms with Crippen molar-refractivity contribution in [3.8, 4) is 11.5 Å². The Morgan fingerprint density at radius 2 is 1.96 bits per heavy atom. The number of fused-ring (bicyclic) bond motifs is 5. The molecule has 1 amide bonds. The number of carbonyl (C=O) groups excluding carboxylic acids is 1. The summed E-state index contributed by atoms with van der Waals surface area (Å²) >= 11 is -0.758. The topological polar surface area (TPSA) is 48.0 Å². The molecule has 5 rings (SSSR count). The predicted octanol–water partition coefficient (Wildman–Crippen LogP) is 1.29. The number of hydrogen-bond donors (Lipinski definition) is 0. The van der Waals surface area contributed by atoms with Crippen LogP contribution in [0.15, 0.2) is 36.4 Å². The SMILES string of the molecule is CCCCCN1C(=O)C2(CC(OC)c3cc4c(cc32)O[I-]O4)c2ccccc21. The van der Waals surface area contributed by atoms with E-state index in [4.69, 9.17) is 10.9 Å². The Morgan fingerprint density at radius 1 is 1.18 bits per heavy atom. The van der Waals surface area contributed by atoms with Crippen molar-refractivity contribution >= 4 is 11.6 Å². The van der Waals surface area contributed by atoms with Gasteiger partial charge in [-0.1, -0.05) is 0 Å². The first-order valence-corrected chi connectivity index (χ1v) is 11.6. The van der Waals surface area contributed by atoms with Crippen LogP contribution >= 0.6 is 0 Å². The second-order valence-corrected chi connectivity index (χ2v) is 8.86. The minimum absolute atomic E-state index is 0.129. The Labute approximate surface area is 176 Å². The number of para-hydroxylation sites is 1. The summed E-state index contributed by atoms with van der Waals surface area (Å²) in [6.45, 7) is 2.94. The molecule has 2 heterocycles. The maximum atomic E-state index is 13.9. The molecule has 0 saturated carbocycles. The van der Waals surface area contributed by atoms with Crippen LogP contribution in [0.3, 0.4) is 0 Å². The molecule has 1 aliphatic carbocycles. The van der Waals surface area contributed by atoms with Crippen LogP contribution in [0.25, 0.3) is 0 Å². The fourth-order valence-corrected chi connectivity index (χ4v) is 6.01. The van der Waals surface area contributed by atoms with Gasteiger partial charge in [-0.3, -0.25) is 0 Å². The van der Waals surface area contributed by atoms with Gasteiger partial charge in [-0.2, -0.15) is 0 Å². The summed E-state index contributed by atoms with van der Waals surface area (Å²) in [6, 6.07) is 12.3. The van der Waals surface area contributed by atoms with E-state index in [0.29, 0.717) is 6.42 Å². The van der Waals surface area contributed by atoms with Crippen LogP contribution in [-0.2, 0) is 14.9 Å². The Bertz CT molecular complexity index is 946. The average Bonchev–Trinajstić information content (AvgIpc) is 3.37. The van der Waals surface area contributed by atoms with Crippen LogP contribution in [0.1, 0.15) is 55.4 Å². The molecule has 0 saturated heterocycles. The van der Waals surface area contributed by atoms with E-state index >= 15 is 0 Å². The molecule has 3 aliphatic rings. The first-order valence-electron chi connectivity index (χ1n) is 9.82. The van der Waals surface area contributed by atoms with Gasteiger partial charge >= 0.3 is 177 Å². The Balaban J connectivity index is 1.67. The number of nitrogens with zero attached hydrogens (tertiary/aromatic N) is 1. The number of methoxy groups -OCH3 is 1. The van der Waals surface area contributed by atoms with Gasteiger partial charge in [0.15, 0.2) is 0 Å². The Morgan fingerprint density at radius 3 is 2.75 bits per heavy atom. The molecule has 0 fully saturated rings. The zero-order valence-electron chi connectivity index (χ0n) is 16.0. The maximum absolute atomic E-state index is 13.9. The van der Waals surface area contributed by atoms with E-state index in [9.17, 15) is 4.79 Å². The number of rotatable bonds is 5. The van der Waals surface area contributed by atoms with E-state index < -0.39 is 27.4 Å². The zero-order valence-corrected chi connectivity index (χ0v) is 18.2. The number of hydrogen-bond acceptors (Lipinski definition) is 4. The number of halogens is 1. The normalized spacial score (nSPS) is 24.4. The summed E-state index contributed by atoms with van der Waals surface area (Å²) in [5, 5.41) is 0. The summed E-state index contributed by atoms with van der Waals surface area (Å²) in [5.74, 6) is 1.71. The van der Waals surface area contributed by atoms with E-state index in [1.54, 1.807) is 7.11 Å². The van der Waals surface area contributed by atoms with Gasteiger partial charge in [0, 0.05) is 0 Å². The van der Waals surface area contributed by atoms with Gasteiger partial charge in [0.05, 0.1) is 0 Å². The Hall–Kier alpha value is -1.80. The van der Waals surface area contributed by atoms with Crippen LogP contribution in [0.5, 0.6) is 11.5 Å². The van der Waals surface area contributed by atoms with Crippen molar-refractivity contribution < 1.29 is 37.7 Å². The van der Waals surface area contributed by atoms with Gasteiger partial charge in [0.2, 0.25) is 0 Å². The Kier molecular flexibility index (Phi) is 4.50. The molecule has 2 unspecified atom stereocenters. The quantitative estimate of drug-likeness (QED) is 0.467. The molecule has 2 atom stereocenters. The van der Waals surface area contributed by atoms with Crippen LogP contribution in [0.4, 0.5) is 5.69 Å². The number of ether oxygens (including phenoxy) is 1. The molecule has 0 N–H and O–H groups in total. The second-order valence-electron chi connectivity index (χ2n) is 7.62. The number of carbonyl (C=O) groups is 1. The molecule has 0 bridgehead atoms. The zero-order chi connectivity index (χ0) is 19.3.